The van der Waals surface area contributed by atoms with E-state index in [0.29, 0.717) is 11.1 Å². The summed E-state index contributed by atoms with van der Waals surface area (Å²) < 4.78 is 11.4. The molecule has 1 aliphatic heterocycles. The van der Waals surface area contributed by atoms with Crippen LogP contribution in [0.3, 0.4) is 0 Å². The summed E-state index contributed by atoms with van der Waals surface area (Å²) in [5, 5.41) is 5.36. The van der Waals surface area contributed by atoms with Crippen LogP contribution in [0, 0.1) is 0 Å². The molecule has 1 aromatic heterocycles. The van der Waals surface area contributed by atoms with E-state index >= 15 is 0 Å². The average Bonchev–Trinajstić information content (AvgIpc) is 2.81. The number of aromatic nitrogens is 1. The van der Waals surface area contributed by atoms with Crippen molar-refractivity contribution in [3.05, 3.63) is 59.1 Å². The Morgan fingerprint density at radius 2 is 1.94 bits per heavy atom. The van der Waals surface area contributed by atoms with E-state index in [-0.39, 0.29) is 0 Å². The van der Waals surface area contributed by atoms with Crippen molar-refractivity contribution in [1.29, 1.82) is 0 Å². The number of anilines is 1. The van der Waals surface area contributed by atoms with Gasteiger partial charge < -0.3 is 14.8 Å². The molecule has 1 fully saturated rings. The Bertz CT molecular complexity index is 1030. The quantitative estimate of drug-likeness (QED) is 0.393. The van der Waals surface area contributed by atoms with Crippen molar-refractivity contribution in [3.63, 3.8) is 0 Å². The van der Waals surface area contributed by atoms with Crippen LogP contribution in [-0.2, 0) is 6.54 Å². The summed E-state index contributed by atoms with van der Waals surface area (Å²) >= 11 is 6.32. The number of para-hydroxylation sites is 1. The number of likely N-dealkylation sites (tertiary alicyclic amines) is 1. The number of halogens is 1. The molecule has 2 heterocycles. The fraction of sp³-hybridized carbons (Fsp3) is 0.423. The minimum absolute atomic E-state index is 0.419. The van der Waals surface area contributed by atoms with Crippen molar-refractivity contribution in [2.24, 2.45) is 0 Å². The second-order valence-corrected chi connectivity index (χ2v) is 8.80. The Morgan fingerprint density at radius 3 is 2.72 bits per heavy atom. The zero-order valence-electron chi connectivity index (χ0n) is 18.9. The molecule has 0 atom stereocenters. The first-order chi connectivity index (χ1) is 15.7. The minimum Gasteiger partial charge on any atom is -0.493 e. The maximum atomic E-state index is 6.32. The predicted molar refractivity (Wildman–Crippen MR) is 132 cm³/mol. The van der Waals surface area contributed by atoms with Crippen molar-refractivity contribution in [3.8, 4) is 11.5 Å². The lowest BCUT2D eigenvalue weighted by Crippen LogP contribution is -2.38. The summed E-state index contributed by atoms with van der Waals surface area (Å²) in [5.41, 5.74) is 2.11. The van der Waals surface area contributed by atoms with Crippen LogP contribution in [0.4, 0.5) is 5.82 Å². The summed E-state index contributed by atoms with van der Waals surface area (Å²) in [5.74, 6) is 2.54. The fourth-order valence-corrected chi connectivity index (χ4v) is 4.38. The molecule has 4 rings (SSSR count). The first-order valence-electron chi connectivity index (χ1n) is 11.5. The van der Waals surface area contributed by atoms with Crippen molar-refractivity contribution in [1.82, 2.24) is 9.88 Å². The van der Waals surface area contributed by atoms with E-state index in [1.54, 1.807) is 7.11 Å². The molecule has 1 saturated heterocycles. The molecule has 0 bridgehead atoms. The molecule has 1 aliphatic rings. The van der Waals surface area contributed by atoms with Gasteiger partial charge in [-0.3, -0.25) is 4.90 Å². The van der Waals surface area contributed by atoms with E-state index in [4.69, 9.17) is 26.1 Å². The Labute approximate surface area is 195 Å². The zero-order valence-corrected chi connectivity index (χ0v) is 19.7. The van der Waals surface area contributed by atoms with Gasteiger partial charge in [-0.1, -0.05) is 43.1 Å². The lowest BCUT2D eigenvalue weighted by Gasteiger charge is -2.32. The highest BCUT2D eigenvalue weighted by Crippen LogP contribution is 2.29. The number of pyridine rings is 1. The van der Waals surface area contributed by atoms with Crippen LogP contribution in [0.15, 0.2) is 48.5 Å². The number of piperidine rings is 1. The van der Waals surface area contributed by atoms with E-state index in [1.807, 2.05) is 30.3 Å². The molecule has 1 N–H and O–H groups in total. The fourth-order valence-electron chi connectivity index (χ4n) is 4.15. The number of hydrogen-bond donors (Lipinski definition) is 1. The number of benzene rings is 2. The molecular formula is C26H32ClN3O2. The molecule has 6 heteroatoms. The number of ether oxygens (including phenoxy) is 2. The summed E-state index contributed by atoms with van der Waals surface area (Å²) in [7, 11) is 1.69. The predicted octanol–water partition coefficient (Wildman–Crippen LogP) is 6.15. The topological polar surface area (TPSA) is 46.6 Å². The van der Waals surface area contributed by atoms with Crippen LogP contribution in [0.2, 0.25) is 5.02 Å². The third-order valence-electron chi connectivity index (χ3n) is 6.00. The molecule has 0 saturated carbocycles. The van der Waals surface area contributed by atoms with Gasteiger partial charge in [0.2, 0.25) is 0 Å². The van der Waals surface area contributed by atoms with Crippen LogP contribution in [-0.4, -0.2) is 42.7 Å². The largest absolute Gasteiger partial charge is 0.493 e. The summed E-state index contributed by atoms with van der Waals surface area (Å²) in [6.07, 6.45) is 4.33. The number of nitrogens with one attached hydrogen (secondary N) is 1. The van der Waals surface area contributed by atoms with Gasteiger partial charge >= 0.3 is 0 Å². The van der Waals surface area contributed by atoms with Gasteiger partial charge in [-0.05, 0) is 55.2 Å². The van der Waals surface area contributed by atoms with Crippen LogP contribution in [0.25, 0.3) is 10.9 Å². The molecule has 0 aliphatic carbocycles. The molecule has 2 aromatic carbocycles. The summed E-state index contributed by atoms with van der Waals surface area (Å²) in [6.45, 7) is 5.90. The summed E-state index contributed by atoms with van der Waals surface area (Å²) in [6, 6.07) is 16.7. The third kappa shape index (κ3) is 5.64. The highest BCUT2D eigenvalue weighted by Gasteiger charge is 2.20. The van der Waals surface area contributed by atoms with Gasteiger partial charge in [0.25, 0.3) is 0 Å². The summed E-state index contributed by atoms with van der Waals surface area (Å²) in [4.78, 5) is 7.23. The standard InChI is InChI=1S/C26H32ClN3O2/c1-3-4-16-32-24-17-19(8-10-23(24)31-2)18-30-14-12-21(13-15-30)28-25-11-9-20-6-5-7-22(27)26(20)29-25/h5-11,17,21H,3-4,12-16,18H2,1-2H3,(H,28,29). The number of rotatable bonds is 9. The van der Waals surface area contributed by atoms with Gasteiger partial charge in [-0.2, -0.15) is 0 Å². The molecule has 3 aromatic rings. The number of nitrogens with zero attached hydrogens (tertiary/aromatic N) is 2. The molecule has 0 amide bonds. The SMILES string of the molecule is CCCCOc1cc(CN2CCC(Nc3ccc4cccc(Cl)c4n3)CC2)ccc1OC. The van der Waals surface area contributed by atoms with E-state index in [9.17, 15) is 0 Å². The van der Waals surface area contributed by atoms with Crippen molar-refractivity contribution < 1.29 is 9.47 Å². The Morgan fingerprint density at radius 1 is 1.09 bits per heavy atom. The Balaban J connectivity index is 1.32. The molecule has 170 valence electrons. The maximum Gasteiger partial charge on any atom is 0.161 e. The molecule has 5 nitrogen and oxygen atoms in total. The Kier molecular flexibility index (Phi) is 7.72. The number of fused-ring (bicyclic) bond motifs is 1. The van der Waals surface area contributed by atoms with Gasteiger partial charge in [-0.15, -0.1) is 0 Å². The number of unbranched alkanes of at least 4 members (excludes halogenated alkanes) is 1. The third-order valence-corrected chi connectivity index (χ3v) is 6.31. The van der Waals surface area contributed by atoms with Gasteiger partial charge in [0, 0.05) is 31.1 Å². The number of hydrogen-bond acceptors (Lipinski definition) is 5. The number of methoxy groups -OCH3 is 1. The lowest BCUT2D eigenvalue weighted by atomic mass is 10.0. The van der Waals surface area contributed by atoms with Gasteiger partial charge in [-0.25, -0.2) is 4.98 Å². The maximum absolute atomic E-state index is 6.32. The molecule has 0 radical (unpaired) electrons. The van der Waals surface area contributed by atoms with Gasteiger partial charge in [0.05, 0.1) is 24.3 Å². The first kappa shape index (κ1) is 22.7. The average molecular weight is 454 g/mol. The van der Waals surface area contributed by atoms with Gasteiger partial charge in [0.15, 0.2) is 11.5 Å². The van der Waals surface area contributed by atoms with E-state index < -0.39 is 0 Å². The normalized spacial score (nSPS) is 15.1. The zero-order chi connectivity index (χ0) is 22.3. The monoisotopic (exact) mass is 453 g/mol. The molecule has 0 unspecified atom stereocenters. The van der Waals surface area contributed by atoms with Crippen LogP contribution in [0.5, 0.6) is 11.5 Å². The Hall–Kier alpha value is -2.50. The molecular weight excluding hydrogens is 422 g/mol. The second-order valence-electron chi connectivity index (χ2n) is 8.39. The minimum atomic E-state index is 0.419. The van der Waals surface area contributed by atoms with E-state index in [0.717, 1.165) is 80.1 Å². The van der Waals surface area contributed by atoms with Crippen molar-refractivity contribution >= 4 is 28.3 Å². The van der Waals surface area contributed by atoms with Gasteiger partial charge in [0.1, 0.15) is 5.82 Å². The highest BCUT2D eigenvalue weighted by atomic mass is 35.5. The van der Waals surface area contributed by atoms with Crippen molar-refractivity contribution in [2.45, 2.75) is 45.2 Å². The van der Waals surface area contributed by atoms with Crippen LogP contribution < -0.4 is 14.8 Å². The van der Waals surface area contributed by atoms with E-state index in [2.05, 4.69) is 35.3 Å². The van der Waals surface area contributed by atoms with Crippen LogP contribution >= 0.6 is 11.6 Å². The highest BCUT2D eigenvalue weighted by molar-refractivity contribution is 6.35. The second kappa shape index (κ2) is 10.9. The van der Waals surface area contributed by atoms with Crippen LogP contribution in [0.1, 0.15) is 38.2 Å². The molecule has 32 heavy (non-hydrogen) atoms. The van der Waals surface area contributed by atoms with Crippen molar-refractivity contribution in [2.75, 3.05) is 32.1 Å². The molecule has 0 spiro atoms. The van der Waals surface area contributed by atoms with E-state index in [1.165, 1.54) is 5.56 Å². The smallest absolute Gasteiger partial charge is 0.161 e. The first-order valence-corrected chi connectivity index (χ1v) is 11.9. The lowest BCUT2D eigenvalue weighted by molar-refractivity contribution is 0.210.